The smallest absolute Gasteiger partial charge is 0.223 e. The minimum atomic E-state index is 0.0375. The van der Waals surface area contributed by atoms with Gasteiger partial charge in [-0.2, -0.15) is 5.26 Å². The fraction of sp³-hybridized carbons (Fsp3) is 0.619. The lowest BCUT2D eigenvalue weighted by molar-refractivity contribution is -0.126. The molecule has 1 N–H and O–H groups in total. The lowest BCUT2D eigenvalue weighted by Gasteiger charge is -2.26. The molecule has 0 aromatic heterocycles. The Labute approximate surface area is 151 Å². The van der Waals surface area contributed by atoms with Crippen molar-refractivity contribution in [3.05, 3.63) is 29.8 Å². The monoisotopic (exact) mass is 342 g/mol. The second-order valence-corrected chi connectivity index (χ2v) is 7.04. The van der Waals surface area contributed by atoms with Gasteiger partial charge in [-0.05, 0) is 36.5 Å². The molecule has 1 aliphatic carbocycles. The maximum atomic E-state index is 12.7. The zero-order valence-electron chi connectivity index (χ0n) is 15.3. The standard InChI is InChI=1S/C21H30N2O2/c1-2-7-19(14-17-8-4-3-5-9-17)21(24)23-16-18-10-6-11-20(15-18)25-13-12-22/h6,10-11,15,17,19H,2-5,7-9,13-14,16H2,1H3,(H,23,24). The molecule has 136 valence electrons. The van der Waals surface area contributed by atoms with E-state index in [1.165, 1.54) is 32.1 Å². The van der Waals surface area contributed by atoms with Crippen molar-refractivity contribution in [3.8, 4) is 11.8 Å². The Morgan fingerprint density at radius 1 is 1.36 bits per heavy atom. The molecule has 0 heterocycles. The molecule has 4 heteroatoms. The van der Waals surface area contributed by atoms with Crippen LogP contribution >= 0.6 is 0 Å². The molecule has 1 aliphatic rings. The normalized spacial score (nSPS) is 16.0. The number of rotatable bonds is 9. The van der Waals surface area contributed by atoms with Crippen molar-refractivity contribution in [3.63, 3.8) is 0 Å². The summed E-state index contributed by atoms with van der Waals surface area (Å²) < 4.78 is 5.32. The molecule has 0 bridgehead atoms. The van der Waals surface area contributed by atoms with Crippen molar-refractivity contribution < 1.29 is 9.53 Å². The number of nitrogens with one attached hydrogen (secondary N) is 1. The van der Waals surface area contributed by atoms with E-state index < -0.39 is 0 Å². The second-order valence-electron chi connectivity index (χ2n) is 7.04. The highest BCUT2D eigenvalue weighted by Gasteiger charge is 2.23. The van der Waals surface area contributed by atoms with Crippen molar-refractivity contribution in [1.29, 1.82) is 5.26 Å². The van der Waals surface area contributed by atoms with Gasteiger partial charge >= 0.3 is 0 Å². The number of nitrogens with zero attached hydrogens (tertiary/aromatic N) is 1. The Kier molecular flexibility index (Phi) is 8.31. The van der Waals surface area contributed by atoms with E-state index in [2.05, 4.69) is 12.2 Å². The summed E-state index contributed by atoms with van der Waals surface area (Å²) >= 11 is 0. The Morgan fingerprint density at radius 3 is 2.88 bits per heavy atom. The first-order chi connectivity index (χ1) is 12.2. The maximum Gasteiger partial charge on any atom is 0.223 e. The van der Waals surface area contributed by atoms with Gasteiger partial charge < -0.3 is 10.1 Å². The number of benzene rings is 1. The molecule has 2 rings (SSSR count). The van der Waals surface area contributed by atoms with E-state index >= 15 is 0 Å². The van der Waals surface area contributed by atoms with E-state index in [-0.39, 0.29) is 18.4 Å². The predicted molar refractivity (Wildman–Crippen MR) is 99.0 cm³/mol. The number of amides is 1. The van der Waals surface area contributed by atoms with Gasteiger partial charge in [0, 0.05) is 12.5 Å². The minimum Gasteiger partial charge on any atom is -0.479 e. The Morgan fingerprint density at radius 2 is 2.16 bits per heavy atom. The predicted octanol–water partition coefficient (Wildman–Crippen LogP) is 4.59. The maximum absolute atomic E-state index is 12.7. The summed E-state index contributed by atoms with van der Waals surface area (Å²) in [7, 11) is 0. The minimum absolute atomic E-state index is 0.0375. The van der Waals surface area contributed by atoms with E-state index in [1.54, 1.807) is 0 Å². The molecule has 25 heavy (non-hydrogen) atoms. The first-order valence-corrected chi connectivity index (χ1v) is 9.59. The average Bonchev–Trinajstić information content (AvgIpc) is 2.65. The molecule has 1 fully saturated rings. The molecule has 1 amide bonds. The lowest BCUT2D eigenvalue weighted by Crippen LogP contribution is -2.32. The largest absolute Gasteiger partial charge is 0.479 e. The molecule has 0 radical (unpaired) electrons. The van der Waals surface area contributed by atoms with Crippen molar-refractivity contribution in [2.24, 2.45) is 11.8 Å². The molecule has 0 aliphatic heterocycles. The van der Waals surface area contributed by atoms with Gasteiger partial charge in [0.25, 0.3) is 0 Å². The summed E-state index contributed by atoms with van der Waals surface area (Å²) in [5.41, 5.74) is 0.997. The highest BCUT2D eigenvalue weighted by Crippen LogP contribution is 2.30. The Balaban J connectivity index is 1.86. The molecule has 4 nitrogen and oxygen atoms in total. The van der Waals surface area contributed by atoms with Gasteiger partial charge in [0.15, 0.2) is 6.61 Å². The number of carbonyl (C=O) groups is 1. The van der Waals surface area contributed by atoms with Crippen molar-refractivity contribution in [2.45, 2.75) is 64.8 Å². The highest BCUT2D eigenvalue weighted by molar-refractivity contribution is 5.78. The van der Waals surface area contributed by atoms with Crippen LogP contribution < -0.4 is 10.1 Å². The summed E-state index contributed by atoms with van der Waals surface area (Å²) in [6, 6.07) is 9.53. The van der Waals surface area contributed by atoms with Crippen LogP contribution in [0.25, 0.3) is 0 Å². The van der Waals surface area contributed by atoms with Crippen LogP contribution in [0.15, 0.2) is 24.3 Å². The number of carbonyl (C=O) groups excluding carboxylic acids is 1. The molecule has 1 atom stereocenters. The van der Waals surface area contributed by atoms with Gasteiger partial charge in [-0.15, -0.1) is 0 Å². The van der Waals surface area contributed by atoms with Crippen LogP contribution in [0.4, 0.5) is 0 Å². The van der Waals surface area contributed by atoms with Crippen LogP contribution in [0.2, 0.25) is 0 Å². The van der Waals surface area contributed by atoms with Gasteiger partial charge in [-0.1, -0.05) is 57.6 Å². The zero-order valence-corrected chi connectivity index (χ0v) is 15.3. The first-order valence-electron chi connectivity index (χ1n) is 9.59. The molecule has 1 aromatic rings. The van der Waals surface area contributed by atoms with Gasteiger partial charge in [0.05, 0.1) is 0 Å². The molecule has 0 saturated heterocycles. The fourth-order valence-corrected chi connectivity index (χ4v) is 3.72. The van der Waals surface area contributed by atoms with Crippen molar-refractivity contribution in [2.75, 3.05) is 6.61 Å². The van der Waals surface area contributed by atoms with Crippen LogP contribution in [0.5, 0.6) is 5.75 Å². The van der Waals surface area contributed by atoms with E-state index in [0.29, 0.717) is 12.3 Å². The zero-order chi connectivity index (χ0) is 17.9. The lowest BCUT2D eigenvalue weighted by atomic mass is 9.81. The van der Waals surface area contributed by atoms with Crippen LogP contribution in [0, 0.1) is 23.2 Å². The first kappa shape index (κ1) is 19.3. The Hall–Kier alpha value is -2.02. The quantitative estimate of drug-likeness (QED) is 0.714. The van der Waals surface area contributed by atoms with E-state index in [4.69, 9.17) is 10.00 Å². The summed E-state index contributed by atoms with van der Waals surface area (Å²) in [4.78, 5) is 12.7. The van der Waals surface area contributed by atoms with Gasteiger partial charge in [-0.3, -0.25) is 4.79 Å². The number of hydrogen-bond donors (Lipinski definition) is 1. The van der Waals surface area contributed by atoms with Crippen LogP contribution in [-0.2, 0) is 11.3 Å². The van der Waals surface area contributed by atoms with E-state index in [1.807, 2.05) is 30.3 Å². The van der Waals surface area contributed by atoms with Crippen LogP contribution in [0.3, 0.4) is 0 Å². The molecule has 1 aromatic carbocycles. The number of ether oxygens (including phenoxy) is 1. The van der Waals surface area contributed by atoms with Crippen molar-refractivity contribution >= 4 is 5.91 Å². The fourth-order valence-electron chi connectivity index (χ4n) is 3.72. The van der Waals surface area contributed by atoms with E-state index in [0.717, 1.165) is 30.7 Å². The SMILES string of the molecule is CCCC(CC1CCCCC1)C(=O)NCc1cccc(OCC#N)c1. The third-order valence-electron chi connectivity index (χ3n) is 5.02. The summed E-state index contributed by atoms with van der Waals surface area (Å²) in [5.74, 6) is 1.70. The highest BCUT2D eigenvalue weighted by atomic mass is 16.5. The molecule has 1 unspecified atom stereocenters. The molecule has 0 spiro atoms. The molecular formula is C21H30N2O2. The second kappa shape index (κ2) is 10.8. The molecule has 1 saturated carbocycles. The topological polar surface area (TPSA) is 62.1 Å². The summed E-state index contributed by atoms with van der Waals surface area (Å²) in [6.45, 7) is 2.69. The van der Waals surface area contributed by atoms with Crippen molar-refractivity contribution in [1.82, 2.24) is 5.32 Å². The van der Waals surface area contributed by atoms with Gasteiger partial charge in [0.1, 0.15) is 11.8 Å². The van der Waals surface area contributed by atoms with Crippen LogP contribution in [0.1, 0.15) is 63.9 Å². The third kappa shape index (κ3) is 6.78. The van der Waals surface area contributed by atoms with Gasteiger partial charge in [-0.25, -0.2) is 0 Å². The van der Waals surface area contributed by atoms with Gasteiger partial charge in [0.2, 0.25) is 5.91 Å². The summed E-state index contributed by atoms with van der Waals surface area (Å²) in [5, 5.41) is 11.7. The third-order valence-corrected chi connectivity index (χ3v) is 5.02. The number of nitriles is 1. The average molecular weight is 342 g/mol. The summed E-state index contributed by atoms with van der Waals surface area (Å²) in [6.07, 6.45) is 9.60. The molecular weight excluding hydrogens is 312 g/mol. The van der Waals surface area contributed by atoms with Crippen LogP contribution in [-0.4, -0.2) is 12.5 Å². The Bertz CT molecular complexity index is 574. The van der Waals surface area contributed by atoms with E-state index in [9.17, 15) is 4.79 Å². The number of hydrogen-bond acceptors (Lipinski definition) is 3.